The summed E-state index contributed by atoms with van der Waals surface area (Å²) in [4.78, 5) is 19.0. The zero-order valence-electron chi connectivity index (χ0n) is 8.49. The molecule has 3 N–H and O–H groups in total. The number of nitrogens with zero attached hydrogens (tertiary/aromatic N) is 5. The molecule has 9 heteroatoms. The Balaban J connectivity index is 2.11. The van der Waals surface area contributed by atoms with Gasteiger partial charge in [-0.25, -0.2) is 20.5 Å². The molecule has 1 amide bonds. The highest BCUT2D eigenvalue weighted by Gasteiger charge is 2.10. The minimum Gasteiger partial charge on any atom is -0.288 e. The Hall–Kier alpha value is -2.31. The minimum absolute atomic E-state index is 0.0974. The molecule has 2 rings (SSSR count). The minimum atomic E-state index is -0.433. The van der Waals surface area contributed by atoms with Crippen LogP contribution in [0.5, 0.6) is 0 Å². The van der Waals surface area contributed by atoms with Gasteiger partial charge in [-0.3, -0.25) is 10.2 Å². The standard InChI is InChI=1S/C8H7N7OS/c9-1-6-11-4-15(14-6)2-5-3-17-8(12-5)7(16)13-10/h3-4H,2,10H2,(H,13,16). The lowest BCUT2D eigenvalue weighted by Gasteiger charge is -1.95. The zero-order chi connectivity index (χ0) is 12.3. The van der Waals surface area contributed by atoms with E-state index in [1.165, 1.54) is 22.3 Å². The third-order valence-corrected chi connectivity index (χ3v) is 2.73. The van der Waals surface area contributed by atoms with E-state index in [2.05, 4.69) is 15.1 Å². The molecule has 86 valence electrons. The van der Waals surface area contributed by atoms with Crippen molar-refractivity contribution in [3.8, 4) is 6.07 Å². The van der Waals surface area contributed by atoms with Gasteiger partial charge in [0.1, 0.15) is 12.4 Å². The maximum atomic E-state index is 11.2. The van der Waals surface area contributed by atoms with Gasteiger partial charge >= 0.3 is 0 Å². The molecule has 0 aromatic carbocycles. The van der Waals surface area contributed by atoms with Gasteiger partial charge in [0, 0.05) is 5.38 Å². The second-order valence-corrected chi connectivity index (χ2v) is 3.85. The predicted molar refractivity (Wildman–Crippen MR) is 57.6 cm³/mol. The first-order valence-corrected chi connectivity index (χ1v) is 5.36. The van der Waals surface area contributed by atoms with Gasteiger partial charge < -0.3 is 0 Å². The molecule has 0 radical (unpaired) electrons. The van der Waals surface area contributed by atoms with Crippen molar-refractivity contribution in [2.45, 2.75) is 6.54 Å². The van der Waals surface area contributed by atoms with Gasteiger partial charge in [-0.1, -0.05) is 0 Å². The van der Waals surface area contributed by atoms with Crippen molar-refractivity contribution < 1.29 is 4.79 Å². The fraction of sp³-hybridized carbons (Fsp3) is 0.125. The summed E-state index contributed by atoms with van der Waals surface area (Å²) >= 11 is 1.18. The van der Waals surface area contributed by atoms with Gasteiger partial charge in [0.05, 0.1) is 12.2 Å². The second kappa shape index (κ2) is 4.69. The van der Waals surface area contributed by atoms with E-state index < -0.39 is 5.91 Å². The predicted octanol–water partition coefficient (Wildman–Crippen LogP) is -0.742. The van der Waals surface area contributed by atoms with Crippen LogP contribution in [0.2, 0.25) is 0 Å². The first-order chi connectivity index (χ1) is 8.22. The first-order valence-electron chi connectivity index (χ1n) is 4.48. The summed E-state index contributed by atoms with van der Waals surface area (Å²) in [7, 11) is 0. The number of hydrogen-bond acceptors (Lipinski definition) is 7. The van der Waals surface area contributed by atoms with Crippen LogP contribution in [0, 0.1) is 11.3 Å². The number of thiazole rings is 1. The lowest BCUT2D eigenvalue weighted by molar-refractivity contribution is 0.0953. The maximum absolute atomic E-state index is 11.2. The molecule has 8 nitrogen and oxygen atoms in total. The largest absolute Gasteiger partial charge is 0.294 e. The van der Waals surface area contributed by atoms with Crippen LogP contribution in [0.1, 0.15) is 21.3 Å². The lowest BCUT2D eigenvalue weighted by atomic mass is 10.5. The van der Waals surface area contributed by atoms with Gasteiger partial charge in [0.25, 0.3) is 11.7 Å². The molecule has 0 aliphatic rings. The number of carbonyl (C=O) groups excluding carboxylic acids is 1. The fourth-order valence-corrected chi connectivity index (χ4v) is 1.84. The summed E-state index contributed by atoms with van der Waals surface area (Å²) in [5.41, 5.74) is 2.66. The highest BCUT2D eigenvalue weighted by atomic mass is 32.1. The van der Waals surface area contributed by atoms with Crippen molar-refractivity contribution in [3.05, 3.63) is 28.2 Å². The van der Waals surface area contributed by atoms with Crippen molar-refractivity contribution >= 4 is 17.2 Å². The maximum Gasteiger partial charge on any atom is 0.294 e. The molecule has 0 saturated heterocycles. The number of carbonyl (C=O) groups is 1. The van der Waals surface area contributed by atoms with Crippen LogP contribution >= 0.6 is 11.3 Å². The Morgan fingerprint density at radius 1 is 1.71 bits per heavy atom. The van der Waals surface area contributed by atoms with Gasteiger partial charge in [0.2, 0.25) is 0 Å². The number of hydrazine groups is 1. The van der Waals surface area contributed by atoms with Crippen LogP contribution in [0.4, 0.5) is 0 Å². The summed E-state index contributed by atoms with van der Waals surface area (Å²) < 4.78 is 1.47. The average molecular weight is 249 g/mol. The van der Waals surface area contributed by atoms with Gasteiger partial charge in [-0.15, -0.1) is 16.4 Å². The molecule has 0 atom stereocenters. The SMILES string of the molecule is N#Cc1ncn(Cc2csc(C(=O)NN)n2)n1. The topological polar surface area (TPSA) is 123 Å². The number of hydrogen-bond donors (Lipinski definition) is 2. The summed E-state index contributed by atoms with van der Waals surface area (Å²) in [5, 5.41) is 14.4. The van der Waals surface area contributed by atoms with Crippen LogP contribution in [-0.2, 0) is 6.54 Å². The molecule has 0 aliphatic carbocycles. The van der Waals surface area contributed by atoms with Crippen molar-refractivity contribution in [1.82, 2.24) is 25.2 Å². The number of nitrogens with one attached hydrogen (secondary N) is 1. The molecule has 2 heterocycles. The van der Waals surface area contributed by atoms with E-state index in [0.717, 1.165) is 0 Å². The van der Waals surface area contributed by atoms with Crippen molar-refractivity contribution in [1.29, 1.82) is 5.26 Å². The molecule has 0 spiro atoms. The summed E-state index contributed by atoms with van der Waals surface area (Å²) in [6.07, 6.45) is 1.43. The van der Waals surface area contributed by atoms with E-state index in [9.17, 15) is 4.79 Å². The Kier molecular flexibility index (Phi) is 3.08. The van der Waals surface area contributed by atoms with Crippen LogP contribution in [0.15, 0.2) is 11.7 Å². The van der Waals surface area contributed by atoms with E-state index in [4.69, 9.17) is 11.1 Å². The van der Waals surface area contributed by atoms with Crippen LogP contribution in [0.25, 0.3) is 0 Å². The fourth-order valence-electron chi connectivity index (χ4n) is 1.13. The number of nitriles is 1. The Labute approximate surface area is 99.7 Å². The van der Waals surface area contributed by atoms with E-state index in [0.29, 0.717) is 12.2 Å². The molecule has 2 aromatic heterocycles. The number of aromatic nitrogens is 4. The number of nitrogen functional groups attached to an aromatic ring is 1. The van der Waals surface area contributed by atoms with Crippen LogP contribution in [-0.4, -0.2) is 25.7 Å². The Morgan fingerprint density at radius 2 is 2.53 bits per heavy atom. The van der Waals surface area contributed by atoms with Gasteiger partial charge in [-0.2, -0.15) is 5.26 Å². The third kappa shape index (κ3) is 2.44. The van der Waals surface area contributed by atoms with E-state index in [-0.39, 0.29) is 10.8 Å². The summed E-state index contributed by atoms with van der Waals surface area (Å²) in [5.74, 6) is 4.66. The molecular formula is C8H7N7OS. The molecule has 2 aromatic rings. The molecule has 0 aliphatic heterocycles. The smallest absolute Gasteiger partial charge is 0.288 e. The van der Waals surface area contributed by atoms with Crippen molar-refractivity contribution in [3.63, 3.8) is 0 Å². The van der Waals surface area contributed by atoms with E-state index in [1.54, 1.807) is 5.38 Å². The van der Waals surface area contributed by atoms with Crippen LogP contribution < -0.4 is 11.3 Å². The van der Waals surface area contributed by atoms with Gasteiger partial charge in [-0.05, 0) is 0 Å². The highest BCUT2D eigenvalue weighted by molar-refractivity contribution is 7.11. The summed E-state index contributed by atoms with van der Waals surface area (Å²) in [6, 6.07) is 1.82. The lowest BCUT2D eigenvalue weighted by Crippen LogP contribution is -2.29. The highest BCUT2D eigenvalue weighted by Crippen LogP contribution is 2.10. The first kappa shape index (κ1) is 11.2. The third-order valence-electron chi connectivity index (χ3n) is 1.84. The van der Waals surface area contributed by atoms with Crippen molar-refractivity contribution in [2.24, 2.45) is 5.84 Å². The molecule has 0 bridgehead atoms. The molecule has 0 saturated carbocycles. The molecule has 17 heavy (non-hydrogen) atoms. The normalized spacial score (nSPS) is 9.88. The molecule has 0 unspecified atom stereocenters. The molecule has 0 fully saturated rings. The Morgan fingerprint density at radius 3 is 3.18 bits per heavy atom. The van der Waals surface area contributed by atoms with E-state index >= 15 is 0 Å². The summed E-state index contributed by atoms with van der Waals surface area (Å²) in [6.45, 7) is 0.350. The zero-order valence-corrected chi connectivity index (χ0v) is 9.31. The number of amides is 1. The average Bonchev–Trinajstić information content (AvgIpc) is 2.97. The van der Waals surface area contributed by atoms with Crippen LogP contribution in [0.3, 0.4) is 0 Å². The number of nitrogens with two attached hydrogens (primary N) is 1. The Bertz CT molecular complexity index is 581. The second-order valence-electron chi connectivity index (χ2n) is 3.00. The number of rotatable bonds is 3. The van der Waals surface area contributed by atoms with Crippen molar-refractivity contribution in [2.75, 3.05) is 0 Å². The van der Waals surface area contributed by atoms with Gasteiger partial charge in [0.15, 0.2) is 5.01 Å². The molecular weight excluding hydrogens is 242 g/mol. The quantitative estimate of drug-likeness (QED) is 0.419. The monoisotopic (exact) mass is 249 g/mol. The van der Waals surface area contributed by atoms with E-state index in [1.807, 2.05) is 11.5 Å².